The van der Waals surface area contributed by atoms with Gasteiger partial charge in [0.1, 0.15) is 0 Å². The van der Waals surface area contributed by atoms with Gasteiger partial charge < -0.3 is 9.84 Å². The lowest BCUT2D eigenvalue weighted by atomic mass is 9.99. The van der Waals surface area contributed by atoms with Gasteiger partial charge in [-0.15, -0.1) is 0 Å². The van der Waals surface area contributed by atoms with Crippen molar-refractivity contribution in [1.29, 1.82) is 5.26 Å². The van der Waals surface area contributed by atoms with Gasteiger partial charge in [0, 0.05) is 6.42 Å². The lowest BCUT2D eigenvalue weighted by molar-refractivity contribution is 0.0162. The summed E-state index contributed by atoms with van der Waals surface area (Å²) in [5, 5.41) is 17.0. The molecule has 0 aliphatic carbocycles. The highest BCUT2D eigenvalue weighted by molar-refractivity contribution is 5.01. The maximum Gasteiger partial charge on any atom is 0.176 e. The molecule has 1 rings (SSSR count). The van der Waals surface area contributed by atoms with Crippen LogP contribution in [-0.2, 0) is 4.74 Å². The molecule has 0 saturated carbocycles. The Bertz CT molecular complexity index is 160. The van der Waals surface area contributed by atoms with Gasteiger partial charge in [0.05, 0.1) is 19.3 Å². The number of halogens is 1. The van der Waals surface area contributed by atoms with Gasteiger partial charge in [0.2, 0.25) is 0 Å². The van der Waals surface area contributed by atoms with Crippen molar-refractivity contribution in [2.24, 2.45) is 0 Å². The Morgan fingerprint density at radius 2 is 2.50 bits per heavy atom. The standard InChI is InChI=1S/C6H8FNO2/c7-6(5(9)3-8)1-2-10-4-6/h5,9H,1-2,4H2. The van der Waals surface area contributed by atoms with Gasteiger partial charge in [-0.2, -0.15) is 5.26 Å². The molecule has 1 N–H and O–H groups in total. The van der Waals surface area contributed by atoms with Crippen molar-refractivity contribution in [3.63, 3.8) is 0 Å². The monoisotopic (exact) mass is 145 g/mol. The number of nitriles is 1. The van der Waals surface area contributed by atoms with Crippen LogP contribution in [0.5, 0.6) is 0 Å². The molecule has 3 nitrogen and oxygen atoms in total. The first kappa shape index (κ1) is 7.45. The molecule has 1 aliphatic heterocycles. The molecule has 56 valence electrons. The zero-order chi connectivity index (χ0) is 7.61. The molecule has 2 unspecified atom stereocenters. The quantitative estimate of drug-likeness (QED) is 0.528. The molecule has 1 heterocycles. The Morgan fingerprint density at radius 1 is 1.80 bits per heavy atom. The first-order valence-corrected chi connectivity index (χ1v) is 3.03. The van der Waals surface area contributed by atoms with Crippen LogP contribution in [0.25, 0.3) is 0 Å². The maximum absolute atomic E-state index is 13.1. The molecule has 2 atom stereocenters. The zero-order valence-corrected chi connectivity index (χ0v) is 5.38. The Morgan fingerprint density at radius 3 is 2.90 bits per heavy atom. The molecule has 1 saturated heterocycles. The molecule has 4 heteroatoms. The number of alkyl halides is 1. The molecule has 0 radical (unpaired) electrons. The van der Waals surface area contributed by atoms with Crippen molar-refractivity contribution in [1.82, 2.24) is 0 Å². The molecule has 0 amide bonds. The van der Waals surface area contributed by atoms with Crippen LogP contribution < -0.4 is 0 Å². The molecule has 10 heavy (non-hydrogen) atoms. The average molecular weight is 145 g/mol. The molecular formula is C6H8FNO2. The summed E-state index contributed by atoms with van der Waals surface area (Å²) in [5.74, 6) is 0. The predicted molar refractivity (Wildman–Crippen MR) is 30.9 cm³/mol. The molecule has 1 aliphatic rings. The second-order valence-corrected chi connectivity index (χ2v) is 2.37. The van der Waals surface area contributed by atoms with E-state index in [9.17, 15) is 4.39 Å². The highest BCUT2D eigenvalue weighted by Gasteiger charge is 2.42. The Labute approximate surface area is 58.0 Å². The number of aliphatic hydroxyl groups excluding tert-OH is 1. The van der Waals surface area contributed by atoms with Gasteiger partial charge in [0.25, 0.3) is 0 Å². The Kier molecular flexibility index (Phi) is 1.88. The van der Waals surface area contributed by atoms with Crippen molar-refractivity contribution >= 4 is 0 Å². The van der Waals surface area contributed by atoms with E-state index >= 15 is 0 Å². The molecule has 0 aromatic heterocycles. The molecular weight excluding hydrogens is 137 g/mol. The smallest absolute Gasteiger partial charge is 0.176 e. The van der Waals surface area contributed by atoms with Crippen molar-refractivity contribution < 1.29 is 14.2 Å². The highest BCUT2D eigenvalue weighted by atomic mass is 19.1. The van der Waals surface area contributed by atoms with Crippen molar-refractivity contribution in [3.8, 4) is 6.07 Å². The largest absolute Gasteiger partial charge is 0.378 e. The number of hydrogen-bond donors (Lipinski definition) is 1. The maximum atomic E-state index is 13.1. The van der Waals surface area contributed by atoms with Crippen LogP contribution in [-0.4, -0.2) is 30.1 Å². The van der Waals surface area contributed by atoms with Gasteiger partial charge >= 0.3 is 0 Å². The molecule has 0 spiro atoms. The van der Waals surface area contributed by atoms with Crippen molar-refractivity contribution in [2.45, 2.75) is 18.2 Å². The second-order valence-electron chi connectivity index (χ2n) is 2.37. The van der Waals surface area contributed by atoms with Crippen LogP contribution >= 0.6 is 0 Å². The van der Waals surface area contributed by atoms with Crippen LogP contribution in [0.1, 0.15) is 6.42 Å². The topological polar surface area (TPSA) is 53.2 Å². The number of hydrogen-bond acceptors (Lipinski definition) is 3. The van der Waals surface area contributed by atoms with Crippen LogP contribution in [0, 0.1) is 11.3 Å². The summed E-state index contributed by atoms with van der Waals surface area (Å²) in [6, 6.07) is 1.45. The summed E-state index contributed by atoms with van der Waals surface area (Å²) in [7, 11) is 0. The lowest BCUT2D eigenvalue weighted by Gasteiger charge is -2.17. The normalized spacial score (nSPS) is 35.3. The lowest BCUT2D eigenvalue weighted by Crippen LogP contribution is -2.37. The summed E-state index contributed by atoms with van der Waals surface area (Å²) < 4.78 is 17.8. The predicted octanol–water partition coefficient (Wildman–Crippen LogP) is -0.000520. The summed E-state index contributed by atoms with van der Waals surface area (Å²) in [4.78, 5) is 0. The molecule has 0 aromatic carbocycles. The minimum absolute atomic E-state index is 0.113. The van der Waals surface area contributed by atoms with Crippen LogP contribution in [0.3, 0.4) is 0 Å². The SMILES string of the molecule is N#CC(O)C1(F)CCOC1. The first-order chi connectivity index (χ1) is 4.69. The minimum Gasteiger partial charge on any atom is -0.378 e. The van der Waals surface area contributed by atoms with Gasteiger partial charge in [0.15, 0.2) is 11.8 Å². The molecule has 0 bridgehead atoms. The van der Waals surface area contributed by atoms with E-state index in [0.29, 0.717) is 0 Å². The van der Waals surface area contributed by atoms with Gasteiger partial charge in [-0.05, 0) is 0 Å². The van der Waals surface area contributed by atoms with E-state index in [4.69, 9.17) is 15.1 Å². The van der Waals surface area contributed by atoms with Crippen LogP contribution in [0.2, 0.25) is 0 Å². The van der Waals surface area contributed by atoms with Crippen LogP contribution in [0.4, 0.5) is 4.39 Å². The third-order valence-corrected chi connectivity index (χ3v) is 1.62. The average Bonchev–Trinajstić information content (AvgIpc) is 2.36. The van der Waals surface area contributed by atoms with E-state index in [1.165, 1.54) is 6.07 Å². The van der Waals surface area contributed by atoms with E-state index in [1.54, 1.807) is 0 Å². The van der Waals surface area contributed by atoms with Gasteiger partial charge in [-0.25, -0.2) is 4.39 Å². The fraction of sp³-hybridized carbons (Fsp3) is 0.833. The third kappa shape index (κ3) is 1.11. The van der Waals surface area contributed by atoms with Gasteiger partial charge in [-0.1, -0.05) is 0 Å². The fourth-order valence-corrected chi connectivity index (χ4v) is 0.887. The van der Waals surface area contributed by atoms with E-state index in [2.05, 4.69) is 0 Å². The fourth-order valence-electron chi connectivity index (χ4n) is 0.887. The number of rotatable bonds is 1. The Hall–Kier alpha value is -0.660. The van der Waals surface area contributed by atoms with Crippen molar-refractivity contribution in [3.05, 3.63) is 0 Å². The van der Waals surface area contributed by atoms with Crippen molar-refractivity contribution in [2.75, 3.05) is 13.2 Å². The third-order valence-electron chi connectivity index (χ3n) is 1.62. The second kappa shape index (κ2) is 2.52. The number of aliphatic hydroxyl groups is 1. The highest BCUT2D eigenvalue weighted by Crippen LogP contribution is 2.26. The summed E-state index contributed by atoms with van der Waals surface area (Å²) >= 11 is 0. The summed E-state index contributed by atoms with van der Waals surface area (Å²) in [6.07, 6.45) is -1.43. The van der Waals surface area contributed by atoms with E-state index < -0.39 is 11.8 Å². The van der Waals surface area contributed by atoms with E-state index in [1.807, 2.05) is 0 Å². The Balaban J connectivity index is 2.60. The van der Waals surface area contributed by atoms with Crippen LogP contribution in [0.15, 0.2) is 0 Å². The zero-order valence-electron chi connectivity index (χ0n) is 5.38. The number of ether oxygens (including phenoxy) is 1. The van der Waals surface area contributed by atoms with Gasteiger partial charge in [-0.3, -0.25) is 0 Å². The molecule has 1 fully saturated rings. The first-order valence-electron chi connectivity index (χ1n) is 3.03. The van der Waals surface area contributed by atoms with E-state index in [0.717, 1.165) is 0 Å². The molecule has 0 aromatic rings. The summed E-state index contributed by atoms with van der Waals surface area (Å²) in [5.41, 5.74) is -1.82. The number of nitrogens with zero attached hydrogens (tertiary/aromatic N) is 1. The minimum atomic E-state index is -1.82. The summed E-state index contributed by atoms with van der Waals surface area (Å²) in [6.45, 7) is 0.122. The van der Waals surface area contributed by atoms with E-state index in [-0.39, 0.29) is 19.6 Å².